The first-order chi connectivity index (χ1) is 24.6. The number of nitrogens with zero attached hydrogens (tertiary/aromatic N) is 5. The van der Waals surface area contributed by atoms with Crippen LogP contribution in [0.2, 0.25) is 5.02 Å². The number of anilines is 1. The zero-order valence-corrected chi connectivity index (χ0v) is 30.3. The van der Waals surface area contributed by atoms with Crippen LogP contribution in [0.4, 0.5) is 23.4 Å². The number of aryl methyl sites for hydroxylation is 2. The number of nitrogens with two attached hydrogens (primary N) is 1. The fraction of sp³-hybridized carbons (Fsp3) is 0.429. The Morgan fingerprint density at radius 3 is 2.42 bits per heavy atom. The molecule has 1 atom stereocenters. The lowest BCUT2D eigenvalue weighted by Gasteiger charge is -2.28. The molecule has 278 valence electrons. The third-order valence-corrected chi connectivity index (χ3v) is 10.1. The number of aromatic nitrogens is 5. The van der Waals surface area contributed by atoms with E-state index in [1.165, 1.54) is 22.4 Å². The number of methoxy groups -OCH3 is 1. The molecule has 17 heteroatoms. The number of benzene rings is 2. The first-order valence-corrected chi connectivity index (χ1v) is 19.1. The Morgan fingerprint density at radius 2 is 1.79 bits per heavy atom. The van der Waals surface area contributed by atoms with Crippen LogP contribution in [0.25, 0.3) is 27.6 Å². The first-order valence-electron chi connectivity index (χ1n) is 16.8. The molecule has 5 aromatic rings. The van der Waals surface area contributed by atoms with Gasteiger partial charge in [-0.1, -0.05) is 18.5 Å². The summed E-state index contributed by atoms with van der Waals surface area (Å²) in [5.41, 5.74) is 8.09. The van der Waals surface area contributed by atoms with Gasteiger partial charge in [0.1, 0.15) is 17.5 Å². The van der Waals surface area contributed by atoms with E-state index in [0.29, 0.717) is 30.7 Å². The van der Waals surface area contributed by atoms with Crippen molar-refractivity contribution in [1.82, 2.24) is 24.3 Å². The Labute approximate surface area is 302 Å². The van der Waals surface area contributed by atoms with E-state index in [0.717, 1.165) is 24.5 Å². The van der Waals surface area contributed by atoms with E-state index < -0.39 is 39.2 Å². The van der Waals surface area contributed by atoms with Gasteiger partial charge in [0.15, 0.2) is 11.5 Å². The predicted octanol–water partition coefficient (Wildman–Crippen LogP) is 6.57. The Balaban J connectivity index is 1.64. The first kappa shape index (κ1) is 37.6. The molecule has 0 aliphatic heterocycles. The van der Waals surface area contributed by atoms with Gasteiger partial charge in [-0.3, -0.25) is 18.8 Å². The van der Waals surface area contributed by atoms with Gasteiger partial charge in [0.2, 0.25) is 15.9 Å². The summed E-state index contributed by atoms with van der Waals surface area (Å²) in [4.78, 5) is 24.5. The predicted molar refractivity (Wildman–Crippen MR) is 191 cm³/mol. The van der Waals surface area contributed by atoms with E-state index in [4.69, 9.17) is 32.0 Å². The third-order valence-electron chi connectivity index (χ3n) is 9.26. The molecular weight excluding hydrogens is 726 g/mol. The topological polar surface area (TPSA) is 147 Å². The van der Waals surface area contributed by atoms with E-state index in [-0.39, 0.29) is 94.4 Å². The van der Waals surface area contributed by atoms with Crippen molar-refractivity contribution in [2.45, 2.75) is 76.3 Å². The average molecular weight is 764 g/mol. The molecule has 1 aliphatic carbocycles. The standard InChI is InChI=1S/C35H38ClF4N7O4S/c1-4-20-17-26(21-8-10-35(39,40)11-9-21)42-31-28(20)34(48)47(33(43-31)25(41)16-19-14-22(37)18-23(38)15-19)27-7-6-24(36)29-30(27)46(12-5-13-51-2)44-32(29)45-52(3,49)50/h6-7,14-15,17-18,21,25H,4-5,8-13,16,41H2,1-3H3,(H,44,45)/t25-/m0/s1. The van der Waals surface area contributed by atoms with Crippen molar-refractivity contribution >= 4 is 49.4 Å². The van der Waals surface area contributed by atoms with Crippen LogP contribution < -0.4 is 16.0 Å². The fourth-order valence-electron chi connectivity index (χ4n) is 6.88. The maximum atomic E-state index is 14.9. The number of pyridine rings is 1. The van der Waals surface area contributed by atoms with Crippen LogP contribution in [0.15, 0.2) is 41.2 Å². The van der Waals surface area contributed by atoms with Gasteiger partial charge in [-0.25, -0.2) is 35.9 Å². The summed E-state index contributed by atoms with van der Waals surface area (Å²) < 4.78 is 91.9. The van der Waals surface area contributed by atoms with Gasteiger partial charge >= 0.3 is 0 Å². The Kier molecular flexibility index (Phi) is 10.7. The monoisotopic (exact) mass is 763 g/mol. The summed E-state index contributed by atoms with van der Waals surface area (Å²) in [6.07, 6.45) is 1.52. The molecule has 0 bridgehead atoms. The van der Waals surface area contributed by atoms with Gasteiger partial charge in [0.25, 0.3) is 5.56 Å². The second-order valence-corrected chi connectivity index (χ2v) is 15.3. The van der Waals surface area contributed by atoms with Crippen LogP contribution in [0.3, 0.4) is 0 Å². The van der Waals surface area contributed by atoms with Crippen LogP contribution in [0.5, 0.6) is 0 Å². The molecule has 3 aromatic heterocycles. The summed E-state index contributed by atoms with van der Waals surface area (Å²) in [7, 11) is -2.29. The maximum Gasteiger partial charge on any atom is 0.268 e. The van der Waals surface area contributed by atoms with Crippen molar-refractivity contribution in [2.24, 2.45) is 5.73 Å². The lowest BCUT2D eigenvalue weighted by Crippen LogP contribution is -2.31. The van der Waals surface area contributed by atoms with Crippen LogP contribution in [-0.2, 0) is 34.1 Å². The van der Waals surface area contributed by atoms with Gasteiger partial charge in [0.05, 0.1) is 39.3 Å². The molecule has 52 heavy (non-hydrogen) atoms. The van der Waals surface area contributed by atoms with Crippen LogP contribution in [-0.4, -0.2) is 58.6 Å². The molecule has 3 heterocycles. The van der Waals surface area contributed by atoms with E-state index >= 15 is 0 Å². The van der Waals surface area contributed by atoms with E-state index in [1.807, 2.05) is 6.92 Å². The van der Waals surface area contributed by atoms with Crippen LogP contribution in [0.1, 0.15) is 73.6 Å². The zero-order chi connectivity index (χ0) is 37.5. The number of nitrogens with one attached hydrogen (secondary N) is 1. The summed E-state index contributed by atoms with van der Waals surface area (Å²) in [5, 5.41) is 5.04. The molecule has 0 unspecified atom stereocenters. The minimum Gasteiger partial charge on any atom is -0.385 e. The molecule has 2 aromatic carbocycles. The quantitative estimate of drug-likeness (QED) is 0.107. The van der Waals surface area contributed by atoms with Gasteiger partial charge in [-0.15, -0.1) is 0 Å². The van der Waals surface area contributed by atoms with Gasteiger partial charge in [-0.05, 0) is 73.6 Å². The van der Waals surface area contributed by atoms with Gasteiger partial charge < -0.3 is 10.5 Å². The number of ether oxygens (including phenoxy) is 1. The fourth-order valence-corrected chi connectivity index (χ4v) is 7.62. The maximum absolute atomic E-state index is 14.9. The number of sulfonamides is 1. The van der Waals surface area contributed by atoms with Crippen molar-refractivity contribution in [1.29, 1.82) is 0 Å². The van der Waals surface area contributed by atoms with Gasteiger partial charge in [0, 0.05) is 50.8 Å². The lowest BCUT2D eigenvalue weighted by atomic mass is 9.84. The molecule has 1 saturated carbocycles. The number of hydrogen-bond acceptors (Lipinski definition) is 8. The third kappa shape index (κ3) is 7.80. The largest absolute Gasteiger partial charge is 0.385 e. The molecule has 6 rings (SSSR count). The number of alkyl halides is 2. The summed E-state index contributed by atoms with van der Waals surface area (Å²) in [5.74, 6) is -4.73. The highest BCUT2D eigenvalue weighted by atomic mass is 35.5. The molecule has 0 spiro atoms. The minimum absolute atomic E-state index is 0.0186. The number of fused-ring (bicyclic) bond motifs is 2. The van der Waals surface area contributed by atoms with Crippen molar-refractivity contribution in [3.63, 3.8) is 0 Å². The summed E-state index contributed by atoms with van der Waals surface area (Å²) in [6, 6.07) is 6.67. The summed E-state index contributed by atoms with van der Waals surface area (Å²) in [6.45, 7) is 2.43. The zero-order valence-electron chi connectivity index (χ0n) is 28.7. The van der Waals surface area contributed by atoms with E-state index in [9.17, 15) is 30.8 Å². The molecule has 0 saturated heterocycles. The normalized spacial score (nSPS) is 15.8. The SMILES string of the molecule is CCc1cc(C2CCC(F)(F)CC2)nc2nc([C@@H](N)Cc3cc(F)cc(F)c3)n(-c3ccc(Cl)c4c(NS(C)(=O)=O)nn(CCCOC)c34)c(=O)c12. The van der Waals surface area contributed by atoms with E-state index in [1.54, 1.807) is 12.1 Å². The van der Waals surface area contributed by atoms with Crippen molar-refractivity contribution in [2.75, 3.05) is 24.7 Å². The average Bonchev–Trinajstić information content (AvgIpc) is 3.41. The summed E-state index contributed by atoms with van der Waals surface area (Å²) >= 11 is 6.69. The molecular formula is C35H38ClF4N7O4S. The number of rotatable bonds is 12. The number of hydrogen-bond donors (Lipinski definition) is 2. The van der Waals surface area contributed by atoms with Crippen LogP contribution >= 0.6 is 11.6 Å². The Morgan fingerprint density at radius 1 is 1.10 bits per heavy atom. The minimum atomic E-state index is -3.83. The van der Waals surface area contributed by atoms with Crippen LogP contribution in [0, 0.1) is 11.6 Å². The van der Waals surface area contributed by atoms with Gasteiger partial charge in [-0.2, -0.15) is 5.10 Å². The molecule has 1 fully saturated rings. The Bertz CT molecular complexity index is 2300. The second kappa shape index (κ2) is 14.7. The molecule has 3 N–H and O–H groups in total. The highest BCUT2D eigenvalue weighted by Gasteiger charge is 2.36. The number of halogens is 5. The molecule has 0 amide bonds. The second-order valence-electron chi connectivity index (χ2n) is 13.2. The smallest absolute Gasteiger partial charge is 0.268 e. The lowest BCUT2D eigenvalue weighted by molar-refractivity contribution is -0.0384. The van der Waals surface area contributed by atoms with Crippen molar-refractivity contribution in [3.05, 3.63) is 86.1 Å². The highest BCUT2D eigenvalue weighted by molar-refractivity contribution is 7.92. The van der Waals surface area contributed by atoms with Crippen molar-refractivity contribution in [3.8, 4) is 5.69 Å². The molecule has 11 nitrogen and oxygen atoms in total. The molecule has 0 radical (unpaired) electrons. The van der Waals surface area contributed by atoms with E-state index in [2.05, 4.69) is 9.82 Å². The van der Waals surface area contributed by atoms with Crippen molar-refractivity contribution < 1.29 is 30.7 Å². The Hall–Kier alpha value is -4.12. The highest BCUT2D eigenvalue weighted by Crippen LogP contribution is 2.41. The molecule has 1 aliphatic rings.